The summed E-state index contributed by atoms with van der Waals surface area (Å²) < 4.78 is 38.5. The summed E-state index contributed by atoms with van der Waals surface area (Å²) in [5.74, 6) is 0.0864. The number of aliphatic hydroxyl groups is 1. The van der Waals surface area contributed by atoms with E-state index >= 15 is 0 Å². The Bertz CT molecular complexity index is 513. The van der Waals surface area contributed by atoms with Gasteiger partial charge in [0, 0.05) is 12.1 Å². The second kappa shape index (κ2) is 6.20. The molecule has 1 aromatic carbocycles. The molecule has 2 saturated carbocycles. The molecule has 0 radical (unpaired) electrons. The molecule has 5 heteroatoms. The first kappa shape index (κ1) is 15.8. The van der Waals surface area contributed by atoms with Gasteiger partial charge in [0.25, 0.3) is 0 Å². The molecule has 1 aromatic rings. The standard InChI is InChI=1S/C17H22F3NO/c18-17(19,20)13-4-1-3-11(9-13)12-7-8-16(22)15(10-12)21-14-5-2-6-14/h1,3-4,9,12,14-16,21-22H,2,5-8,10H2/t12-,15-,16-/m0/s1. The van der Waals surface area contributed by atoms with Crippen molar-refractivity contribution in [1.82, 2.24) is 5.32 Å². The number of alkyl halides is 3. The van der Waals surface area contributed by atoms with E-state index in [0.29, 0.717) is 18.9 Å². The summed E-state index contributed by atoms with van der Waals surface area (Å²) in [6.45, 7) is 0. The van der Waals surface area contributed by atoms with E-state index < -0.39 is 11.7 Å². The van der Waals surface area contributed by atoms with Gasteiger partial charge in [-0.3, -0.25) is 0 Å². The smallest absolute Gasteiger partial charge is 0.392 e. The minimum Gasteiger partial charge on any atom is -0.392 e. The monoisotopic (exact) mass is 313 g/mol. The summed E-state index contributed by atoms with van der Waals surface area (Å²) in [7, 11) is 0. The number of benzene rings is 1. The maximum absolute atomic E-state index is 12.8. The number of nitrogens with one attached hydrogen (secondary N) is 1. The number of aliphatic hydroxyl groups excluding tert-OH is 1. The molecule has 0 aromatic heterocycles. The molecule has 3 atom stereocenters. The lowest BCUT2D eigenvalue weighted by molar-refractivity contribution is -0.137. The maximum atomic E-state index is 12.8. The van der Waals surface area contributed by atoms with Gasteiger partial charge in [-0.1, -0.05) is 24.6 Å². The van der Waals surface area contributed by atoms with Crippen molar-refractivity contribution in [2.24, 2.45) is 0 Å². The van der Waals surface area contributed by atoms with Crippen molar-refractivity contribution in [2.75, 3.05) is 0 Å². The average molecular weight is 313 g/mol. The van der Waals surface area contributed by atoms with E-state index in [9.17, 15) is 18.3 Å². The highest BCUT2D eigenvalue weighted by atomic mass is 19.4. The Kier molecular flexibility index (Phi) is 4.46. The van der Waals surface area contributed by atoms with Gasteiger partial charge in [0.05, 0.1) is 11.7 Å². The van der Waals surface area contributed by atoms with E-state index in [1.54, 1.807) is 6.07 Å². The van der Waals surface area contributed by atoms with Crippen LogP contribution in [0.2, 0.25) is 0 Å². The first-order chi connectivity index (χ1) is 10.4. The Morgan fingerprint density at radius 1 is 1.09 bits per heavy atom. The van der Waals surface area contributed by atoms with Gasteiger partial charge < -0.3 is 10.4 Å². The molecule has 0 heterocycles. The van der Waals surface area contributed by atoms with Gasteiger partial charge >= 0.3 is 6.18 Å². The summed E-state index contributed by atoms with van der Waals surface area (Å²) in [5.41, 5.74) is 0.154. The number of halogens is 3. The van der Waals surface area contributed by atoms with E-state index in [2.05, 4.69) is 5.32 Å². The molecule has 0 unspecified atom stereocenters. The molecule has 2 aliphatic rings. The Morgan fingerprint density at radius 2 is 1.86 bits per heavy atom. The highest BCUT2D eigenvalue weighted by Gasteiger charge is 2.34. The van der Waals surface area contributed by atoms with Crippen LogP contribution in [0.15, 0.2) is 24.3 Å². The second-order valence-electron chi connectivity index (χ2n) is 6.60. The van der Waals surface area contributed by atoms with Crippen LogP contribution in [0.4, 0.5) is 13.2 Å². The maximum Gasteiger partial charge on any atom is 0.416 e. The normalized spacial score (nSPS) is 30.1. The molecule has 2 N–H and O–H groups in total. The molecule has 2 nitrogen and oxygen atoms in total. The van der Waals surface area contributed by atoms with Gasteiger partial charge in [-0.25, -0.2) is 0 Å². The van der Waals surface area contributed by atoms with Crippen LogP contribution in [0.5, 0.6) is 0 Å². The van der Waals surface area contributed by atoms with Gasteiger partial charge in [-0.15, -0.1) is 0 Å². The van der Waals surface area contributed by atoms with Crippen molar-refractivity contribution >= 4 is 0 Å². The van der Waals surface area contributed by atoms with Crippen LogP contribution >= 0.6 is 0 Å². The molecular weight excluding hydrogens is 291 g/mol. The summed E-state index contributed by atoms with van der Waals surface area (Å²) >= 11 is 0. The Morgan fingerprint density at radius 3 is 2.50 bits per heavy atom. The van der Waals surface area contributed by atoms with Crippen LogP contribution in [0, 0.1) is 0 Å². The van der Waals surface area contributed by atoms with Gasteiger partial charge in [-0.05, 0) is 49.7 Å². The molecule has 0 saturated heterocycles. The van der Waals surface area contributed by atoms with E-state index in [0.717, 1.165) is 30.9 Å². The summed E-state index contributed by atoms with van der Waals surface area (Å²) in [6, 6.07) is 6.11. The minimum atomic E-state index is -4.30. The zero-order valence-electron chi connectivity index (χ0n) is 12.4. The molecule has 0 aliphatic heterocycles. The Hall–Kier alpha value is -1.07. The van der Waals surface area contributed by atoms with Crippen molar-refractivity contribution in [2.45, 2.75) is 68.8 Å². The van der Waals surface area contributed by atoms with Crippen LogP contribution in [0.1, 0.15) is 55.6 Å². The van der Waals surface area contributed by atoms with E-state index in [4.69, 9.17) is 0 Å². The predicted molar refractivity (Wildman–Crippen MR) is 78.6 cm³/mol. The number of hydrogen-bond donors (Lipinski definition) is 2. The van der Waals surface area contributed by atoms with E-state index in [1.807, 2.05) is 0 Å². The van der Waals surface area contributed by atoms with Crippen molar-refractivity contribution in [1.29, 1.82) is 0 Å². The lowest BCUT2D eigenvalue weighted by Gasteiger charge is -2.39. The molecule has 22 heavy (non-hydrogen) atoms. The fourth-order valence-corrected chi connectivity index (χ4v) is 3.48. The molecule has 0 spiro atoms. The van der Waals surface area contributed by atoms with Gasteiger partial charge in [-0.2, -0.15) is 13.2 Å². The third kappa shape index (κ3) is 3.46. The number of rotatable bonds is 3. The molecule has 122 valence electrons. The van der Waals surface area contributed by atoms with E-state index in [-0.39, 0.29) is 18.1 Å². The first-order valence-corrected chi connectivity index (χ1v) is 8.05. The summed E-state index contributed by atoms with van der Waals surface area (Å²) in [6.07, 6.45) is 0.901. The minimum absolute atomic E-state index is 0.00130. The second-order valence-corrected chi connectivity index (χ2v) is 6.60. The highest BCUT2D eigenvalue weighted by molar-refractivity contribution is 5.29. The lowest BCUT2D eigenvalue weighted by Crippen LogP contribution is -2.50. The summed E-state index contributed by atoms with van der Waals surface area (Å²) in [4.78, 5) is 0. The van der Waals surface area contributed by atoms with Crippen LogP contribution in [-0.2, 0) is 6.18 Å². The topological polar surface area (TPSA) is 32.3 Å². The largest absolute Gasteiger partial charge is 0.416 e. The lowest BCUT2D eigenvalue weighted by atomic mass is 9.78. The van der Waals surface area contributed by atoms with Crippen LogP contribution in [-0.4, -0.2) is 23.3 Å². The Labute approximate surface area is 128 Å². The van der Waals surface area contributed by atoms with Crippen molar-refractivity contribution < 1.29 is 18.3 Å². The van der Waals surface area contributed by atoms with Gasteiger partial charge in [0.15, 0.2) is 0 Å². The fraction of sp³-hybridized carbons (Fsp3) is 0.647. The molecule has 2 aliphatic carbocycles. The van der Waals surface area contributed by atoms with Crippen molar-refractivity contribution in [3.05, 3.63) is 35.4 Å². The van der Waals surface area contributed by atoms with Crippen molar-refractivity contribution in [3.8, 4) is 0 Å². The van der Waals surface area contributed by atoms with Gasteiger partial charge in [0.1, 0.15) is 0 Å². The number of hydrogen-bond acceptors (Lipinski definition) is 2. The summed E-state index contributed by atoms with van der Waals surface area (Å²) in [5, 5.41) is 13.6. The molecular formula is C17H22F3NO. The molecule has 0 bridgehead atoms. The van der Waals surface area contributed by atoms with Crippen LogP contribution < -0.4 is 5.32 Å². The predicted octanol–water partition coefficient (Wildman–Crippen LogP) is 3.84. The van der Waals surface area contributed by atoms with Gasteiger partial charge in [0.2, 0.25) is 0 Å². The first-order valence-electron chi connectivity index (χ1n) is 8.05. The van der Waals surface area contributed by atoms with Crippen LogP contribution in [0.3, 0.4) is 0 Å². The van der Waals surface area contributed by atoms with E-state index in [1.165, 1.54) is 18.6 Å². The van der Waals surface area contributed by atoms with Crippen molar-refractivity contribution in [3.63, 3.8) is 0 Å². The zero-order chi connectivity index (χ0) is 15.7. The molecule has 0 amide bonds. The van der Waals surface area contributed by atoms with Crippen LogP contribution in [0.25, 0.3) is 0 Å². The quantitative estimate of drug-likeness (QED) is 0.888. The Balaban J connectivity index is 1.71. The fourth-order valence-electron chi connectivity index (χ4n) is 3.48. The SMILES string of the molecule is O[C@H]1CC[C@H](c2cccc(C(F)(F)F)c2)C[C@@H]1NC1CCC1. The average Bonchev–Trinajstić information content (AvgIpc) is 2.44. The highest BCUT2D eigenvalue weighted by Crippen LogP contribution is 2.37. The molecule has 3 rings (SSSR count). The third-order valence-corrected chi connectivity index (χ3v) is 5.05. The zero-order valence-corrected chi connectivity index (χ0v) is 12.4. The molecule has 2 fully saturated rings. The third-order valence-electron chi connectivity index (χ3n) is 5.05.